The Balaban J connectivity index is 2.20. The van der Waals surface area contributed by atoms with Gasteiger partial charge in [0.25, 0.3) is 10.0 Å². The zero-order chi connectivity index (χ0) is 14.9. The van der Waals surface area contributed by atoms with E-state index in [9.17, 15) is 13.2 Å². The molecule has 0 saturated carbocycles. The highest BCUT2D eigenvalue weighted by Crippen LogP contribution is 2.17. The third kappa shape index (κ3) is 2.84. The van der Waals surface area contributed by atoms with Crippen LogP contribution in [0.4, 0.5) is 0 Å². The van der Waals surface area contributed by atoms with Crippen LogP contribution in [0.25, 0.3) is 0 Å². The monoisotopic (exact) mass is 303 g/mol. The molecule has 1 fully saturated rings. The van der Waals surface area contributed by atoms with E-state index >= 15 is 0 Å². The van der Waals surface area contributed by atoms with E-state index in [4.69, 9.17) is 9.84 Å². The molecule has 0 bridgehead atoms. The van der Waals surface area contributed by atoms with Crippen molar-refractivity contribution in [2.24, 2.45) is 5.92 Å². The number of hydrogen-bond donors (Lipinski definition) is 2. The van der Waals surface area contributed by atoms with Crippen molar-refractivity contribution in [2.45, 2.75) is 31.5 Å². The third-order valence-electron chi connectivity index (χ3n) is 3.27. The van der Waals surface area contributed by atoms with Crippen LogP contribution in [0.5, 0.6) is 0 Å². The van der Waals surface area contributed by atoms with Gasteiger partial charge in [-0.25, -0.2) is 18.1 Å². The van der Waals surface area contributed by atoms with Crippen molar-refractivity contribution in [1.82, 2.24) is 14.3 Å². The molecule has 2 unspecified atom stereocenters. The molecule has 1 aromatic heterocycles. The van der Waals surface area contributed by atoms with Crippen LogP contribution in [0.1, 0.15) is 12.7 Å². The zero-order valence-electron chi connectivity index (χ0n) is 11.2. The van der Waals surface area contributed by atoms with Crippen LogP contribution in [0.15, 0.2) is 11.2 Å². The molecule has 2 heterocycles. The molecule has 20 heavy (non-hydrogen) atoms. The third-order valence-corrected chi connectivity index (χ3v) is 4.63. The molecule has 2 atom stereocenters. The molecule has 0 spiro atoms. The molecule has 112 valence electrons. The summed E-state index contributed by atoms with van der Waals surface area (Å²) >= 11 is 0. The average molecular weight is 303 g/mol. The second kappa shape index (κ2) is 5.51. The van der Waals surface area contributed by atoms with Crippen LogP contribution in [-0.4, -0.2) is 48.3 Å². The lowest BCUT2D eigenvalue weighted by atomic mass is 10.1. The summed E-state index contributed by atoms with van der Waals surface area (Å²) in [6.45, 7) is 4.25. The number of imidazole rings is 1. The molecular formula is C11H17N3O5S. The number of ether oxygens (including phenoxy) is 1. The topological polar surface area (TPSA) is 111 Å². The Bertz CT molecular complexity index is 610. The van der Waals surface area contributed by atoms with E-state index in [2.05, 4.69) is 9.71 Å². The lowest BCUT2D eigenvalue weighted by molar-refractivity contribution is -0.142. The highest BCUT2D eigenvalue weighted by Gasteiger charge is 2.37. The number of rotatable bonds is 5. The van der Waals surface area contributed by atoms with Gasteiger partial charge in [0, 0.05) is 12.7 Å². The first kappa shape index (κ1) is 14.9. The molecule has 2 rings (SSSR count). The molecule has 1 aromatic rings. The van der Waals surface area contributed by atoms with Gasteiger partial charge in [0.2, 0.25) is 0 Å². The van der Waals surface area contributed by atoms with Gasteiger partial charge in [0.05, 0.1) is 25.2 Å². The number of nitrogens with one attached hydrogen (secondary N) is 1. The van der Waals surface area contributed by atoms with E-state index in [1.807, 2.05) is 6.92 Å². The van der Waals surface area contributed by atoms with Crippen molar-refractivity contribution in [3.63, 3.8) is 0 Å². The number of aliphatic carboxylic acids is 1. The Morgan fingerprint density at radius 1 is 1.60 bits per heavy atom. The predicted octanol–water partition coefficient (Wildman–Crippen LogP) is -0.411. The van der Waals surface area contributed by atoms with Gasteiger partial charge in [-0.15, -0.1) is 0 Å². The first-order valence-electron chi connectivity index (χ1n) is 6.21. The number of aryl methyl sites for hydroxylation is 2. The molecular weight excluding hydrogens is 286 g/mol. The minimum absolute atomic E-state index is 0.00491. The maximum Gasteiger partial charge on any atom is 0.310 e. The first-order valence-corrected chi connectivity index (χ1v) is 7.70. The second-order valence-electron chi connectivity index (χ2n) is 4.62. The zero-order valence-corrected chi connectivity index (χ0v) is 12.1. The lowest BCUT2D eigenvalue weighted by Crippen LogP contribution is -2.42. The summed E-state index contributed by atoms with van der Waals surface area (Å²) in [6.07, 6.45) is 1.43. The predicted molar refractivity (Wildman–Crippen MR) is 68.7 cm³/mol. The van der Waals surface area contributed by atoms with Crippen LogP contribution in [0.3, 0.4) is 0 Å². The Hall–Kier alpha value is -1.45. The molecule has 8 nitrogen and oxygen atoms in total. The summed E-state index contributed by atoms with van der Waals surface area (Å²) in [7, 11) is -3.85. The van der Waals surface area contributed by atoms with Crippen LogP contribution in [0, 0.1) is 12.8 Å². The Morgan fingerprint density at radius 2 is 2.30 bits per heavy atom. The number of carbonyl (C=O) groups is 1. The van der Waals surface area contributed by atoms with Crippen molar-refractivity contribution in [1.29, 1.82) is 0 Å². The highest BCUT2D eigenvalue weighted by atomic mass is 32.2. The van der Waals surface area contributed by atoms with Crippen molar-refractivity contribution < 1.29 is 23.1 Å². The molecule has 1 aliphatic heterocycles. The fraction of sp³-hybridized carbons (Fsp3) is 0.636. The molecule has 0 aliphatic carbocycles. The van der Waals surface area contributed by atoms with Gasteiger partial charge in [-0.1, -0.05) is 0 Å². The minimum atomic E-state index is -3.85. The summed E-state index contributed by atoms with van der Waals surface area (Å²) in [5.74, 6) is -1.37. The van der Waals surface area contributed by atoms with Crippen LogP contribution in [0.2, 0.25) is 0 Å². The van der Waals surface area contributed by atoms with Gasteiger partial charge in [-0.05, 0) is 13.8 Å². The molecule has 9 heteroatoms. The van der Waals surface area contributed by atoms with E-state index in [0.29, 0.717) is 12.4 Å². The minimum Gasteiger partial charge on any atom is -0.481 e. The summed E-state index contributed by atoms with van der Waals surface area (Å²) in [6, 6.07) is -0.774. The Morgan fingerprint density at radius 3 is 2.85 bits per heavy atom. The number of carboxylic acid groups (broad SMARTS) is 1. The molecule has 0 aromatic carbocycles. The second-order valence-corrected chi connectivity index (χ2v) is 6.28. The number of carboxylic acids is 1. The summed E-state index contributed by atoms with van der Waals surface area (Å²) in [5.41, 5.74) is 0. The van der Waals surface area contributed by atoms with Gasteiger partial charge in [0.1, 0.15) is 5.82 Å². The van der Waals surface area contributed by atoms with Gasteiger partial charge in [-0.3, -0.25) is 4.79 Å². The van der Waals surface area contributed by atoms with Gasteiger partial charge in [-0.2, -0.15) is 0 Å². The van der Waals surface area contributed by atoms with Crippen LogP contribution < -0.4 is 4.72 Å². The standard InChI is InChI=1S/C11H17N3O5S/c1-3-14-4-10(12-7(14)2)20(17,18)13-9-6-19-5-8(9)11(15)16/h4,8-9,13H,3,5-6H2,1-2H3,(H,15,16). The van der Waals surface area contributed by atoms with E-state index in [0.717, 1.165) is 0 Å². The summed E-state index contributed by atoms with van der Waals surface area (Å²) in [4.78, 5) is 15.0. The average Bonchev–Trinajstić information content (AvgIpc) is 2.95. The fourth-order valence-corrected chi connectivity index (χ4v) is 3.37. The molecule has 0 radical (unpaired) electrons. The van der Waals surface area contributed by atoms with Crippen molar-refractivity contribution in [3.05, 3.63) is 12.0 Å². The molecule has 2 N–H and O–H groups in total. The van der Waals surface area contributed by atoms with E-state index < -0.39 is 28.0 Å². The highest BCUT2D eigenvalue weighted by molar-refractivity contribution is 7.89. The summed E-state index contributed by atoms with van der Waals surface area (Å²) < 4.78 is 33.5. The molecule has 0 amide bonds. The molecule has 1 aliphatic rings. The van der Waals surface area contributed by atoms with Crippen LogP contribution >= 0.6 is 0 Å². The number of sulfonamides is 1. The SMILES string of the molecule is CCn1cc(S(=O)(=O)NC2COCC2C(=O)O)nc1C. The first-order chi connectivity index (χ1) is 9.35. The fourth-order valence-electron chi connectivity index (χ4n) is 2.10. The van der Waals surface area contributed by atoms with Crippen molar-refractivity contribution in [3.8, 4) is 0 Å². The smallest absolute Gasteiger partial charge is 0.310 e. The quantitative estimate of drug-likeness (QED) is 0.765. The van der Waals surface area contributed by atoms with Crippen molar-refractivity contribution in [2.75, 3.05) is 13.2 Å². The maximum absolute atomic E-state index is 12.2. The van der Waals surface area contributed by atoms with Crippen molar-refractivity contribution >= 4 is 16.0 Å². The van der Waals surface area contributed by atoms with E-state index in [1.165, 1.54) is 6.20 Å². The Labute approximate surface area is 116 Å². The van der Waals surface area contributed by atoms with Crippen LogP contribution in [-0.2, 0) is 26.1 Å². The van der Waals surface area contributed by atoms with E-state index in [-0.39, 0.29) is 18.2 Å². The number of hydrogen-bond acceptors (Lipinski definition) is 5. The van der Waals surface area contributed by atoms with Gasteiger partial charge < -0.3 is 14.4 Å². The van der Waals surface area contributed by atoms with Gasteiger partial charge in [0.15, 0.2) is 5.03 Å². The largest absolute Gasteiger partial charge is 0.481 e. The van der Waals surface area contributed by atoms with E-state index in [1.54, 1.807) is 11.5 Å². The van der Waals surface area contributed by atoms with Gasteiger partial charge >= 0.3 is 5.97 Å². The number of nitrogens with zero attached hydrogens (tertiary/aromatic N) is 2. The maximum atomic E-state index is 12.2. The lowest BCUT2D eigenvalue weighted by Gasteiger charge is -2.14. The summed E-state index contributed by atoms with van der Waals surface area (Å²) in [5, 5.41) is 8.90. The number of aromatic nitrogens is 2. The molecule has 1 saturated heterocycles. The normalized spacial score (nSPS) is 23.1. The Kier molecular flexibility index (Phi) is 4.11.